The molecule has 0 aliphatic carbocycles. The highest BCUT2D eigenvalue weighted by Gasteiger charge is 2.20. The number of hydrogen-bond donors (Lipinski definition) is 1. The van der Waals surface area contributed by atoms with Crippen molar-refractivity contribution in [2.75, 3.05) is 6.54 Å². The third kappa shape index (κ3) is 3.21. The van der Waals surface area contributed by atoms with Crippen molar-refractivity contribution in [3.8, 4) is 0 Å². The number of nitrogens with zero attached hydrogens (tertiary/aromatic N) is 4. The van der Waals surface area contributed by atoms with Gasteiger partial charge >= 0.3 is 0 Å². The molecule has 0 aromatic carbocycles. The predicted molar refractivity (Wildman–Crippen MR) is 84.7 cm³/mol. The number of rotatable bonds is 5. The quantitative estimate of drug-likeness (QED) is 0.765. The van der Waals surface area contributed by atoms with Crippen molar-refractivity contribution >= 4 is 11.6 Å². The van der Waals surface area contributed by atoms with Gasteiger partial charge in [0, 0.05) is 17.8 Å². The Morgan fingerprint density at radius 1 is 1.36 bits per heavy atom. The van der Waals surface area contributed by atoms with Gasteiger partial charge in [-0.3, -0.25) is 4.79 Å². The summed E-state index contributed by atoms with van der Waals surface area (Å²) >= 11 is 0. The van der Waals surface area contributed by atoms with Crippen molar-refractivity contribution in [1.29, 1.82) is 0 Å². The van der Waals surface area contributed by atoms with Gasteiger partial charge in [-0.25, -0.2) is 18.3 Å². The zero-order chi connectivity index (χ0) is 18.1. The van der Waals surface area contributed by atoms with Crippen LogP contribution in [0.15, 0.2) is 16.8 Å². The van der Waals surface area contributed by atoms with E-state index in [0.717, 1.165) is 15.8 Å². The number of amides is 1. The lowest BCUT2D eigenvalue weighted by Crippen LogP contribution is -2.26. The second-order valence-corrected chi connectivity index (χ2v) is 5.73. The number of carbonyl (C=O) groups is 1. The number of aryl methyl sites for hydroxylation is 3. The van der Waals surface area contributed by atoms with Gasteiger partial charge in [-0.15, -0.1) is 0 Å². The SMILES string of the molecule is Cc1cc(C(F)F)n2ncc(C(=O)NCCc3c(C)noc3C)c2n1. The molecule has 1 amide bonds. The first kappa shape index (κ1) is 17.0. The number of alkyl halides is 2. The predicted octanol–water partition coefficient (Wildman–Crippen LogP) is 2.55. The molecule has 0 aliphatic rings. The summed E-state index contributed by atoms with van der Waals surface area (Å²) in [5.74, 6) is 0.293. The first-order chi connectivity index (χ1) is 11.9. The molecule has 0 fully saturated rings. The van der Waals surface area contributed by atoms with Crippen LogP contribution in [0.25, 0.3) is 5.65 Å². The minimum absolute atomic E-state index is 0.116. The van der Waals surface area contributed by atoms with E-state index in [1.165, 1.54) is 12.3 Å². The minimum Gasteiger partial charge on any atom is -0.361 e. The van der Waals surface area contributed by atoms with E-state index in [1.807, 2.05) is 6.92 Å². The Morgan fingerprint density at radius 2 is 2.12 bits per heavy atom. The van der Waals surface area contributed by atoms with Gasteiger partial charge in [0.15, 0.2) is 5.65 Å². The molecule has 0 spiro atoms. The van der Waals surface area contributed by atoms with Gasteiger partial charge in [0.1, 0.15) is 17.0 Å². The van der Waals surface area contributed by atoms with Crippen LogP contribution in [-0.2, 0) is 6.42 Å². The summed E-state index contributed by atoms with van der Waals surface area (Å²) in [6, 6.07) is 1.25. The van der Waals surface area contributed by atoms with E-state index < -0.39 is 12.3 Å². The molecule has 25 heavy (non-hydrogen) atoms. The Kier molecular flexibility index (Phi) is 4.47. The van der Waals surface area contributed by atoms with Crippen molar-refractivity contribution in [1.82, 2.24) is 25.1 Å². The summed E-state index contributed by atoms with van der Waals surface area (Å²) in [6.45, 7) is 5.59. The molecule has 3 aromatic heterocycles. The number of aromatic nitrogens is 4. The highest BCUT2D eigenvalue weighted by atomic mass is 19.3. The molecule has 1 N–H and O–H groups in total. The van der Waals surface area contributed by atoms with E-state index in [-0.39, 0.29) is 16.9 Å². The number of nitrogens with one attached hydrogen (secondary N) is 1. The average Bonchev–Trinajstić information content (AvgIpc) is 3.11. The molecule has 0 aliphatic heterocycles. The van der Waals surface area contributed by atoms with Crippen LogP contribution in [0, 0.1) is 20.8 Å². The van der Waals surface area contributed by atoms with Gasteiger partial charge < -0.3 is 9.84 Å². The van der Waals surface area contributed by atoms with Crippen LogP contribution in [0.2, 0.25) is 0 Å². The van der Waals surface area contributed by atoms with Gasteiger partial charge in [-0.05, 0) is 33.3 Å². The maximum absolute atomic E-state index is 13.1. The molecule has 0 saturated heterocycles. The number of fused-ring (bicyclic) bond motifs is 1. The van der Waals surface area contributed by atoms with Crippen LogP contribution in [0.4, 0.5) is 8.78 Å². The summed E-state index contributed by atoms with van der Waals surface area (Å²) in [5.41, 5.74) is 2.09. The zero-order valence-corrected chi connectivity index (χ0v) is 14.0. The fourth-order valence-electron chi connectivity index (χ4n) is 2.68. The summed E-state index contributed by atoms with van der Waals surface area (Å²) in [5, 5.41) is 10.5. The Hall–Kier alpha value is -2.84. The largest absolute Gasteiger partial charge is 0.361 e. The Balaban J connectivity index is 1.79. The average molecular weight is 349 g/mol. The summed E-state index contributed by atoms with van der Waals surface area (Å²) in [6.07, 6.45) is -0.903. The van der Waals surface area contributed by atoms with Gasteiger partial charge in [-0.1, -0.05) is 5.16 Å². The third-order valence-electron chi connectivity index (χ3n) is 3.94. The van der Waals surface area contributed by atoms with Crippen molar-refractivity contribution in [3.63, 3.8) is 0 Å². The molecule has 0 radical (unpaired) electrons. The van der Waals surface area contributed by atoms with E-state index >= 15 is 0 Å². The van der Waals surface area contributed by atoms with Gasteiger partial charge in [-0.2, -0.15) is 5.10 Å². The second-order valence-electron chi connectivity index (χ2n) is 5.73. The number of halogens is 2. The molecule has 0 bridgehead atoms. The normalized spacial score (nSPS) is 11.4. The van der Waals surface area contributed by atoms with Crippen molar-refractivity contribution in [2.24, 2.45) is 0 Å². The van der Waals surface area contributed by atoms with Gasteiger partial charge in [0.25, 0.3) is 12.3 Å². The standard InChI is InChI=1S/C16H17F2N5O2/c1-8-6-13(14(17)18)23-15(21-8)12(7-20-23)16(24)19-5-4-11-9(2)22-25-10(11)3/h6-7,14H,4-5H2,1-3H3,(H,19,24). The lowest BCUT2D eigenvalue weighted by Gasteiger charge is -2.06. The van der Waals surface area contributed by atoms with Crippen LogP contribution in [0.5, 0.6) is 0 Å². The van der Waals surface area contributed by atoms with Crippen LogP contribution in [0.1, 0.15) is 45.2 Å². The lowest BCUT2D eigenvalue weighted by molar-refractivity contribution is 0.0955. The molecular weight excluding hydrogens is 332 g/mol. The summed E-state index contributed by atoms with van der Waals surface area (Å²) in [7, 11) is 0. The van der Waals surface area contributed by atoms with Crippen LogP contribution in [0.3, 0.4) is 0 Å². The van der Waals surface area contributed by atoms with Crippen LogP contribution >= 0.6 is 0 Å². The molecule has 3 aromatic rings. The summed E-state index contributed by atoms with van der Waals surface area (Å²) < 4.78 is 32.3. The van der Waals surface area contributed by atoms with E-state index in [4.69, 9.17) is 4.52 Å². The Labute approximate surface area is 142 Å². The monoisotopic (exact) mass is 349 g/mol. The molecule has 0 saturated carbocycles. The number of hydrogen-bond acceptors (Lipinski definition) is 5. The maximum Gasteiger partial charge on any atom is 0.280 e. The first-order valence-electron chi connectivity index (χ1n) is 7.72. The molecular formula is C16H17F2N5O2. The Bertz CT molecular complexity index is 913. The topological polar surface area (TPSA) is 85.3 Å². The molecule has 9 heteroatoms. The van der Waals surface area contributed by atoms with Crippen molar-refractivity contribution in [3.05, 3.63) is 46.2 Å². The van der Waals surface area contributed by atoms with E-state index in [1.54, 1.807) is 13.8 Å². The van der Waals surface area contributed by atoms with Crippen LogP contribution < -0.4 is 5.32 Å². The highest BCUT2D eigenvalue weighted by Crippen LogP contribution is 2.21. The number of carbonyl (C=O) groups excluding carboxylic acids is 1. The van der Waals surface area contributed by atoms with Gasteiger partial charge in [0.2, 0.25) is 0 Å². The lowest BCUT2D eigenvalue weighted by atomic mass is 10.1. The van der Waals surface area contributed by atoms with E-state index in [0.29, 0.717) is 24.4 Å². The van der Waals surface area contributed by atoms with E-state index in [2.05, 4.69) is 20.6 Å². The molecule has 3 rings (SSSR count). The molecule has 0 atom stereocenters. The highest BCUT2D eigenvalue weighted by molar-refractivity contribution is 5.99. The molecule has 0 unspecified atom stereocenters. The van der Waals surface area contributed by atoms with Crippen molar-refractivity contribution < 1.29 is 18.1 Å². The zero-order valence-electron chi connectivity index (χ0n) is 14.0. The Morgan fingerprint density at radius 3 is 2.76 bits per heavy atom. The van der Waals surface area contributed by atoms with E-state index in [9.17, 15) is 13.6 Å². The fourth-order valence-corrected chi connectivity index (χ4v) is 2.68. The minimum atomic E-state index is -2.71. The van der Waals surface area contributed by atoms with Gasteiger partial charge in [0.05, 0.1) is 11.9 Å². The first-order valence-corrected chi connectivity index (χ1v) is 7.72. The molecule has 3 heterocycles. The summed E-state index contributed by atoms with van der Waals surface area (Å²) in [4.78, 5) is 16.5. The van der Waals surface area contributed by atoms with Crippen molar-refractivity contribution in [2.45, 2.75) is 33.6 Å². The molecule has 132 valence electrons. The maximum atomic E-state index is 13.1. The molecule has 7 nitrogen and oxygen atoms in total. The smallest absolute Gasteiger partial charge is 0.280 e. The fraction of sp³-hybridized carbons (Fsp3) is 0.375. The third-order valence-corrected chi connectivity index (χ3v) is 3.94. The second kappa shape index (κ2) is 6.58. The van der Waals surface area contributed by atoms with Crippen LogP contribution in [-0.4, -0.2) is 32.2 Å².